The Morgan fingerprint density at radius 2 is 1.84 bits per heavy atom. The molecule has 0 saturated carbocycles. The maximum Gasteiger partial charge on any atom is 0.251 e. The van der Waals surface area contributed by atoms with E-state index in [9.17, 15) is 14.4 Å². The first-order valence-corrected chi connectivity index (χ1v) is 8.85. The van der Waals surface area contributed by atoms with Gasteiger partial charge in [0.1, 0.15) is 12.3 Å². The SMILES string of the molecule is CCC(C)C(NC(=O)c1ccccc1)C(=O)NC(C=O)CCCCN. The number of benzene rings is 1. The predicted molar refractivity (Wildman–Crippen MR) is 98.1 cm³/mol. The Bertz CT molecular complexity index is 548. The van der Waals surface area contributed by atoms with Crippen LogP contribution in [-0.4, -0.2) is 36.7 Å². The monoisotopic (exact) mass is 347 g/mol. The molecule has 25 heavy (non-hydrogen) atoms. The zero-order chi connectivity index (χ0) is 18.7. The van der Waals surface area contributed by atoms with Crippen LogP contribution in [0, 0.1) is 5.92 Å². The van der Waals surface area contributed by atoms with Crippen LogP contribution in [0.15, 0.2) is 30.3 Å². The summed E-state index contributed by atoms with van der Waals surface area (Å²) in [6.07, 6.45) is 3.59. The van der Waals surface area contributed by atoms with Crippen molar-refractivity contribution in [1.29, 1.82) is 0 Å². The summed E-state index contributed by atoms with van der Waals surface area (Å²) in [6, 6.07) is 7.52. The lowest BCUT2D eigenvalue weighted by atomic mass is 9.97. The summed E-state index contributed by atoms with van der Waals surface area (Å²) in [5.41, 5.74) is 5.95. The number of unbranched alkanes of at least 4 members (excludes halogenated alkanes) is 1. The van der Waals surface area contributed by atoms with Crippen LogP contribution in [0.25, 0.3) is 0 Å². The van der Waals surface area contributed by atoms with Gasteiger partial charge in [0.2, 0.25) is 5.91 Å². The zero-order valence-corrected chi connectivity index (χ0v) is 15.0. The van der Waals surface area contributed by atoms with Crippen LogP contribution in [0.4, 0.5) is 0 Å². The van der Waals surface area contributed by atoms with E-state index in [0.717, 1.165) is 25.5 Å². The van der Waals surface area contributed by atoms with E-state index in [1.807, 2.05) is 19.9 Å². The number of hydrogen-bond donors (Lipinski definition) is 3. The van der Waals surface area contributed by atoms with Crippen molar-refractivity contribution in [2.75, 3.05) is 6.54 Å². The van der Waals surface area contributed by atoms with Crippen molar-refractivity contribution in [2.45, 2.75) is 51.6 Å². The molecule has 0 spiro atoms. The normalized spacial score (nSPS) is 14.2. The van der Waals surface area contributed by atoms with Crippen molar-refractivity contribution in [1.82, 2.24) is 10.6 Å². The van der Waals surface area contributed by atoms with E-state index in [1.165, 1.54) is 0 Å². The topological polar surface area (TPSA) is 101 Å². The Morgan fingerprint density at radius 1 is 1.16 bits per heavy atom. The van der Waals surface area contributed by atoms with E-state index in [4.69, 9.17) is 5.73 Å². The lowest BCUT2D eigenvalue weighted by Crippen LogP contribution is -2.52. The zero-order valence-electron chi connectivity index (χ0n) is 15.0. The highest BCUT2D eigenvalue weighted by Gasteiger charge is 2.27. The molecule has 0 aromatic heterocycles. The summed E-state index contributed by atoms with van der Waals surface area (Å²) in [4.78, 5) is 36.2. The van der Waals surface area contributed by atoms with Crippen molar-refractivity contribution >= 4 is 18.1 Å². The molecule has 1 aromatic rings. The maximum atomic E-state index is 12.6. The Hall–Kier alpha value is -2.21. The minimum atomic E-state index is -0.685. The number of carbonyl (C=O) groups excluding carboxylic acids is 3. The van der Waals surface area contributed by atoms with Gasteiger partial charge in [0, 0.05) is 5.56 Å². The Kier molecular flexibility index (Phi) is 9.47. The highest BCUT2D eigenvalue weighted by atomic mass is 16.2. The molecule has 6 heteroatoms. The highest BCUT2D eigenvalue weighted by Crippen LogP contribution is 2.10. The number of carbonyl (C=O) groups is 3. The van der Waals surface area contributed by atoms with Gasteiger partial charge < -0.3 is 21.2 Å². The van der Waals surface area contributed by atoms with Crippen LogP contribution in [-0.2, 0) is 9.59 Å². The van der Waals surface area contributed by atoms with E-state index >= 15 is 0 Å². The molecule has 6 nitrogen and oxygen atoms in total. The van der Waals surface area contributed by atoms with Crippen molar-refractivity contribution in [3.63, 3.8) is 0 Å². The number of rotatable bonds is 11. The second-order valence-electron chi connectivity index (χ2n) is 6.24. The number of aldehydes is 1. The fourth-order valence-corrected chi connectivity index (χ4v) is 2.47. The minimum Gasteiger partial charge on any atom is -0.345 e. The van der Waals surface area contributed by atoms with Crippen molar-refractivity contribution in [3.8, 4) is 0 Å². The Balaban J connectivity index is 2.74. The first-order valence-electron chi connectivity index (χ1n) is 8.85. The molecule has 0 aliphatic rings. The summed E-state index contributed by atoms with van der Waals surface area (Å²) in [6.45, 7) is 4.42. The number of nitrogens with two attached hydrogens (primary N) is 1. The Morgan fingerprint density at radius 3 is 2.40 bits per heavy atom. The molecule has 0 heterocycles. The van der Waals surface area contributed by atoms with Crippen LogP contribution >= 0.6 is 0 Å². The quantitative estimate of drug-likeness (QED) is 0.418. The average molecular weight is 347 g/mol. The second-order valence-corrected chi connectivity index (χ2v) is 6.24. The molecule has 0 fully saturated rings. The molecular weight excluding hydrogens is 318 g/mol. The fourth-order valence-electron chi connectivity index (χ4n) is 2.47. The molecule has 1 rings (SSSR count). The molecule has 0 bridgehead atoms. The number of hydrogen-bond acceptors (Lipinski definition) is 4. The largest absolute Gasteiger partial charge is 0.345 e. The summed E-state index contributed by atoms with van der Waals surface area (Å²) in [5, 5.41) is 5.53. The number of amides is 2. The third kappa shape index (κ3) is 7.05. The fraction of sp³-hybridized carbons (Fsp3) is 0.526. The third-order valence-corrected chi connectivity index (χ3v) is 4.28. The highest BCUT2D eigenvalue weighted by molar-refractivity contribution is 5.97. The van der Waals surface area contributed by atoms with Gasteiger partial charge in [-0.1, -0.05) is 38.5 Å². The molecule has 138 valence electrons. The van der Waals surface area contributed by atoms with E-state index in [0.29, 0.717) is 18.5 Å². The van der Waals surface area contributed by atoms with Gasteiger partial charge in [0.05, 0.1) is 6.04 Å². The summed E-state index contributed by atoms with van der Waals surface area (Å²) in [7, 11) is 0. The lowest BCUT2D eigenvalue weighted by molar-refractivity contribution is -0.126. The van der Waals surface area contributed by atoms with E-state index in [-0.39, 0.29) is 17.7 Å². The van der Waals surface area contributed by atoms with Gasteiger partial charge in [0.15, 0.2) is 0 Å². The summed E-state index contributed by atoms with van der Waals surface area (Å²) < 4.78 is 0. The van der Waals surface area contributed by atoms with Crippen LogP contribution in [0.5, 0.6) is 0 Å². The van der Waals surface area contributed by atoms with Gasteiger partial charge in [-0.15, -0.1) is 0 Å². The van der Waals surface area contributed by atoms with E-state index < -0.39 is 12.1 Å². The molecule has 3 atom stereocenters. The van der Waals surface area contributed by atoms with E-state index in [2.05, 4.69) is 10.6 Å². The Labute approximate surface area is 149 Å². The first kappa shape index (κ1) is 20.8. The minimum absolute atomic E-state index is 0.0518. The van der Waals surface area contributed by atoms with Crippen LogP contribution in [0.3, 0.4) is 0 Å². The van der Waals surface area contributed by atoms with Crippen molar-refractivity contribution in [3.05, 3.63) is 35.9 Å². The molecule has 2 amide bonds. The number of nitrogens with one attached hydrogen (secondary N) is 2. The third-order valence-electron chi connectivity index (χ3n) is 4.28. The van der Waals surface area contributed by atoms with Gasteiger partial charge in [-0.25, -0.2) is 0 Å². The molecular formula is C19H29N3O3. The van der Waals surface area contributed by atoms with Gasteiger partial charge in [-0.3, -0.25) is 9.59 Å². The van der Waals surface area contributed by atoms with Crippen LogP contribution < -0.4 is 16.4 Å². The van der Waals surface area contributed by atoms with Gasteiger partial charge in [-0.2, -0.15) is 0 Å². The van der Waals surface area contributed by atoms with Crippen molar-refractivity contribution < 1.29 is 14.4 Å². The molecule has 1 aromatic carbocycles. The predicted octanol–water partition coefficient (Wildman–Crippen LogP) is 1.64. The molecule has 3 unspecified atom stereocenters. The maximum absolute atomic E-state index is 12.6. The molecule has 0 saturated heterocycles. The van der Waals surface area contributed by atoms with Gasteiger partial charge in [-0.05, 0) is 43.9 Å². The second kappa shape index (κ2) is 11.4. The molecule has 4 N–H and O–H groups in total. The van der Waals surface area contributed by atoms with Gasteiger partial charge >= 0.3 is 0 Å². The lowest BCUT2D eigenvalue weighted by Gasteiger charge is -2.25. The smallest absolute Gasteiger partial charge is 0.251 e. The molecule has 0 radical (unpaired) electrons. The average Bonchev–Trinajstić information content (AvgIpc) is 2.65. The van der Waals surface area contributed by atoms with Crippen LogP contribution in [0.2, 0.25) is 0 Å². The first-order chi connectivity index (χ1) is 12.0. The molecule has 0 aliphatic carbocycles. The summed E-state index contributed by atoms with van der Waals surface area (Å²) >= 11 is 0. The van der Waals surface area contributed by atoms with E-state index in [1.54, 1.807) is 24.3 Å². The summed E-state index contributed by atoms with van der Waals surface area (Å²) in [5.74, 6) is -0.681. The van der Waals surface area contributed by atoms with Crippen molar-refractivity contribution in [2.24, 2.45) is 11.7 Å². The molecule has 0 aliphatic heterocycles. The standard InChI is InChI=1S/C19H29N3O3/c1-3-14(2)17(22-18(24)15-9-5-4-6-10-15)19(25)21-16(13-23)11-7-8-12-20/h4-6,9-10,13-14,16-17H,3,7-8,11-12,20H2,1-2H3,(H,21,25)(H,22,24). The van der Waals surface area contributed by atoms with Crippen LogP contribution in [0.1, 0.15) is 49.9 Å². The van der Waals surface area contributed by atoms with Gasteiger partial charge in [0.25, 0.3) is 5.91 Å².